The number of imidazole rings is 1. The van der Waals surface area contributed by atoms with Crippen LogP contribution in [0.25, 0.3) is 5.65 Å². The van der Waals surface area contributed by atoms with Crippen LogP contribution in [-0.2, 0) is 4.74 Å². The maximum atomic E-state index is 11.5. The lowest BCUT2D eigenvalue weighted by atomic mass is 10.3. The second-order valence-electron chi connectivity index (χ2n) is 3.50. The Bertz CT molecular complexity index is 545. The van der Waals surface area contributed by atoms with E-state index in [4.69, 9.17) is 10.5 Å². The minimum Gasteiger partial charge on any atom is -0.461 e. The summed E-state index contributed by atoms with van der Waals surface area (Å²) in [5.41, 5.74) is 7.71. The number of nitrogens with two attached hydrogens (primary N) is 1. The Hall–Kier alpha value is -2.04. The molecule has 2 N–H and O–H groups in total. The molecule has 0 bridgehead atoms. The van der Waals surface area contributed by atoms with Crippen molar-refractivity contribution in [2.75, 3.05) is 12.3 Å². The van der Waals surface area contributed by atoms with Crippen molar-refractivity contribution in [3.05, 3.63) is 29.6 Å². The molecule has 0 radical (unpaired) electrons. The lowest BCUT2D eigenvalue weighted by Crippen LogP contribution is -2.08. The van der Waals surface area contributed by atoms with Gasteiger partial charge in [0, 0.05) is 6.20 Å². The molecule has 0 aliphatic heterocycles. The zero-order chi connectivity index (χ0) is 11.7. The molecular formula is C11H13N3O2. The second-order valence-corrected chi connectivity index (χ2v) is 3.50. The lowest BCUT2D eigenvalue weighted by Gasteiger charge is -1.99. The first-order chi connectivity index (χ1) is 7.63. The third-order valence-corrected chi connectivity index (χ3v) is 2.29. The van der Waals surface area contributed by atoms with E-state index < -0.39 is 5.97 Å². The molecule has 0 aliphatic rings. The van der Waals surface area contributed by atoms with E-state index >= 15 is 0 Å². The molecule has 2 rings (SSSR count). The highest BCUT2D eigenvalue weighted by Gasteiger charge is 2.17. The Morgan fingerprint density at radius 3 is 3.06 bits per heavy atom. The zero-order valence-corrected chi connectivity index (χ0v) is 9.23. The van der Waals surface area contributed by atoms with Crippen LogP contribution in [0.1, 0.15) is 23.0 Å². The van der Waals surface area contributed by atoms with Gasteiger partial charge in [0.25, 0.3) is 0 Å². The van der Waals surface area contributed by atoms with Gasteiger partial charge in [-0.3, -0.25) is 4.40 Å². The summed E-state index contributed by atoms with van der Waals surface area (Å²) >= 11 is 0. The summed E-state index contributed by atoms with van der Waals surface area (Å²) in [6, 6.07) is 3.76. The highest BCUT2D eigenvalue weighted by atomic mass is 16.5. The molecule has 0 amide bonds. The van der Waals surface area contributed by atoms with E-state index in [1.807, 2.05) is 19.1 Å². The van der Waals surface area contributed by atoms with Gasteiger partial charge in [-0.05, 0) is 31.5 Å². The van der Waals surface area contributed by atoms with Gasteiger partial charge in [0.05, 0.1) is 6.61 Å². The van der Waals surface area contributed by atoms with Crippen LogP contribution in [0.2, 0.25) is 0 Å². The molecule has 0 saturated carbocycles. The quantitative estimate of drug-likeness (QED) is 0.775. The van der Waals surface area contributed by atoms with Crippen molar-refractivity contribution in [3.8, 4) is 0 Å². The molecule has 2 aromatic rings. The van der Waals surface area contributed by atoms with E-state index in [1.54, 1.807) is 17.5 Å². The van der Waals surface area contributed by atoms with Gasteiger partial charge in [-0.1, -0.05) is 0 Å². The summed E-state index contributed by atoms with van der Waals surface area (Å²) in [5, 5.41) is 0. The largest absolute Gasteiger partial charge is 0.461 e. The fourth-order valence-electron chi connectivity index (χ4n) is 1.52. The van der Waals surface area contributed by atoms with Crippen molar-refractivity contribution in [2.24, 2.45) is 0 Å². The average Bonchev–Trinajstić information content (AvgIpc) is 2.56. The maximum Gasteiger partial charge on any atom is 0.360 e. The number of carbonyl (C=O) groups excluding carboxylic acids is 1. The lowest BCUT2D eigenvalue weighted by molar-refractivity contribution is 0.0521. The van der Waals surface area contributed by atoms with E-state index in [2.05, 4.69) is 4.98 Å². The molecule has 0 fully saturated rings. The average molecular weight is 219 g/mol. The first kappa shape index (κ1) is 10.5. The summed E-state index contributed by atoms with van der Waals surface area (Å²) in [5.74, 6) is -0.171. The first-order valence-electron chi connectivity index (χ1n) is 5.04. The summed E-state index contributed by atoms with van der Waals surface area (Å²) in [7, 11) is 0. The molecule has 0 atom stereocenters. The molecule has 2 aromatic heterocycles. The fraction of sp³-hybridized carbons (Fsp3) is 0.273. The van der Waals surface area contributed by atoms with Gasteiger partial charge in [0.1, 0.15) is 11.5 Å². The molecule has 0 saturated heterocycles. The number of esters is 1. The van der Waals surface area contributed by atoms with E-state index in [1.165, 1.54) is 0 Å². The van der Waals surface area contributed by atoms with E-state index in [9.17, 15) is 4.79 Å². The number of pyridine rings is 1. The van der Waals surface area contributed by atoms with E-state index in [-0.39, 0.29) is 5.69 Å². The number of aromatic nitrogens is 2. The highest BCUT2D eigenvalue weighted by molar-refractivity contribution is 5.93. The Kier molecular flexibility index (Phi) is 2.52. The number of ether oxygens (including phenoxy) is 1. The van der Waals surface area contributed by atoms with Crippen LogP contribution in [0, 0.1) is 6.92 Å². The standard InChI is InChI=1S/C11H13N3O2/c1-3-16-11(15)9-10(12)14-5-4-7(2)6-8(14)13-9/h4-6H,3,12H2,1-2H3. The minimum atomic E-state index is -0.485. The molecule has 0 aliphatic carbocycles. The van der Waals surface area contributed by atoms with Crippen molar-refractivity contribution >= 4 is 17.4 Å². The van der Waals surface area contributed by atoms with Crippen molar-refractivity contribution in [1.29, 1.82) is 0 Å². The van der Waals surface area contributed by atoms with Crippen LogP contribution in [0.15, 0.2) is 18.3 Å². The van der Waals surface area contributed by atoms with Crippen LogP contribution in [-0.4, -0.2) is 22.0 Å². The number of fused-ring (bicyclic) bond motifs is 1. The third kappa shape index (κ3) is 1.60. The normalized spacial score (nSPS) is 10.6. The number of hydrogen-bond acceptors (Lipinski definition) is 4. The Morgan fingerprint density at radius 1 is 1.62 bits per heavy atom. The molecular weight excluding hydrogens is 206 g/mol. The van der Waals surface area contributed by atoms with Crippen LogP contribution in [0.5, 0.6) is 0 Å². The Balaban J connectivity index is 2.55. The third-order valence-electron chi connectivity index (χ3n) is 2.29. The van der Waals surface area contributed by atoms with Crippen LogP contribution in [0.4, 0.5) is 5.82 Å². The number of nitrogens with zero attached hydrogens (tertiary/aromatic N) is 2. The number of hydrogen-bond donors (Lipinski definition) is 1. The second kappa shape index (κ2) is 3.84. The number of nitrogen functional groups attached to an aromatic ring is 1. The number of rotatable bonds is 2. The predicted molar refractivity (Wildman–Crippen MR) is 60.3 cm³/mol. The number of aryl methyl sites for hydroxylation is 1. The monoisotopic (exact) mass is 219 g/mol. The fourth-order valence-corrected chi connectivity index (χ4v) is 1.52. The summed E-state index contributed by atoms with van der Waals surface area (Å²) in [6.07, 6.45) is 1.79. The van der Waals surface area contributed by atoms with Gasteiger partial charge in [-0.25, -0.2) is 9.78 Å². The summed E-state index contributed by atoms with van der Waals surface area (Å²) in [6.45, 7) is 4.01. The molecule has 5 heteroatoms. The van der Waals surface area contributed by atoms with Gasteiger partial charge in [0.15, 0.2) is 5.69 Å². The number of anilines is 1. The predicted octanol–water partition coefficient (Wildman–Crippen LogP) is 1.40. The minimum absolute atomic E-state index is 0.174. The summed E-state index contributed by atoms with van der Waals surface area (Å²) < 4.78 is 6.54. The van der Waals surface area contributed by atoms with Crippen molar-refractivity contribution in [2.45, 2.75) is 13.8 Å². The Labute approximate surface area is 92.8 Å². The molecule has 0 spiro atoms. The molecule has 5 nitrogen and oxygen atoms in total. The number of carbonyl (C=O) groups is 1. The molecule has 84 valence electrons. The smallest absolute Gasteiger partial charge is 0.360 e. The van der Waals surface area contributed by atoms with Crippen LogP contribution >= 0.6 is 0 Å². The Morgan fingerprint density at radius 2 is 2.38 bits per heavy atom. The van der Waals surface area contributed by atoms with Gasteiger partial charge >= 0.3 is 5.97 Å². The van der Waals surface area contributed by atoms with E-state index in [0.717, 1.165) is 5.56 Å². The van der Waals surface area contributed by atoms with Gasteiger partial charge < -0.3 is 10.5 Å². The van der Waals surface area contributed by atoms with E-state index in [0.29, 0.717) is 18.1 Å². The highest BCUT2D eigenvalue weighted by Crippen LogP contribution is 2.16. The van der Waals surface area contributed by atoms with Gasteiger partial charge in [0.2, 0.25) is 0 Å². The van der Waals surface area contributed by atoms with Crippen LogP contribution in [0.3, 0.4) is 0 Å². The summed E-state index contributed by atoms with van der Waals surface area (Å²) in [4.78, 5) is 15.7. The van der Waals surface area contributed by atoms with Gasteiger partial charge in [-0.15, -0.1) is 0 Å². The maximum absolute atomic E-state index is 11.5. The topological polar surface area (TPSA) is 69.6 Å². The first-order valence-corrected chi connectivity index (χ1v) is 5.04. The van der Waals surface area contributed by atoms with Gasteiger partial charge in [-0.2, -0.15) is 0 Å². The SMILES string of the molecule is CCOC(=O)c1nc2cc(C)ccn2c1N. The molecule has 2 heterocycles. The van der Waals surface area contributed by atoms with Crippen molar-refractivity contribution in [3.63, 3.8) is 0 Å². The van der Waals surface area contributed by atoms with Crippen LogP contribution < -0.4 is 5.73 Å². The zero-order valence-electron chi connectivity index (χ0n) is 9.23. The van der Waals surface area contributed by atoms with Crippen molar-refractivity contribution in [1.82, 2.24) is 9.38 Å². The molecule has 16 heavy (non-hydrogen) atoms. The molecule has 0 aromatic carbocycles. The van der Waals surface area contributed by atoms with Crippen molar-refractivity contribution < 1.29 is 9.53 Å². The molecule has 0 unspecified atom stereocenters.